The Balaban J connectivity index is 1.55. The average molecular weight is 369 g/mol. The van der Waals surface area contributed by atoms with Crippen LogP contribution in [0.25, 0.3) is 16.9 Å². The second-order valence-electron chi connectivity index (χ2n) is 5.47. The normalized spacial score (nSPS) is 10.8. The molecule has 0 radical (unpaired) electrons. The van der Waals surface area contributed by atoms with Crippen molar-refractivity contribution in [2.45, 2.75) is 0 Å². The molecule has 0 saturated heterocycles. The van der Waals surface area contributed by atoms with Gasteiger partial charge >= 0.3 is 6.09 Å². The maximum absolute atomic E-state index is 12.0. The summed E-state index contributed by atoms with van der Waals surface area (Å²) in [4.78, 5) is 20.8. The topological polar surface area (TPSA) is 86.3 Å². The van der Waals surface area contributed by atoms with Gasteiger partial charge in [-0.3, -0.25) is 9.72 Å². The van der Waals surface area contributed by atoms with Gasteiger partial charge in [-0.2, -0.15) is 5.10 Å². The predicted octanol–water partition coefficient (Wildman–Crippen LogP) is 3.39. The summed E-state index contributed by atoms with van der Waals surface area (Å²) in [6.45, 7) is 0. The van der Waals surface area contributed by atoms with Gasteiger partial charge in [-0.15, -0.1) is 0 Å². The van der Waals surface area contributed by atoms with Crippen molar-refractivity contribution in [1.82, 2.24) is 24.1 Å². The Morgan fingerprint density at radius 2 is 2.08 bits per heavy atom. The fraction of sp³-hybridized carbons (Fsp3) is 0.0588. The number of carbonyl (C=O) groups is 1. The van der Waals surface area contributed by atoms with E-state index in [4.69, 9.17) is 16.3 Å². The summed E-state index contributed by atoms with van der Waals surface area (Å²) in [5, 5.41) is 6.69. The number of rotatable bonds is 3. The molecule has 26 heavy (non-hydrogen) atoms. The Labute approximate surface area is 153 Å². The molecule has 0 atom stereocenters. The highest BCUT2D eigenvalue weighted by atomic mass is 35.5. The summed E-state index contributed by atoms with van der Waals surface area (Å²) in [5.41, 5.74) is 2.46. The molecule has 3 aromatic heterocycles. The second-order valence-corrected chi connectivity index (χ2v) is 5.87. The summed E-state index contributed by atoms with van der Waals surface area (Å²) in [6.07, 6.45) is 4.11. The molecule has 1 amide bonds. The van der Waals surface area contributed by atoms with Crippen molar-refractivity contribution >= 4 is 29.2 Å². The van der Waals surface area contributed by atoms with E-state index in [2.05, 4.69) is 20.4 Å². The van der Waals surface area contributed by atoms with Crippen LogP contribution in [0, 0.1) is 0 Å². The first-order valence-electron chi connectivity index (χ1n) is 7.66. The number of hydrogen-bond donors (Lipinski definition) is 1. The minimum Gasteiger partial charge on any atom is -0.390 e. The monoisotopic (exact) mass is 368 g/mol. The highest BCUT2D eigenvalue weighted by Crippen LogP contribution is 2.23. The number of benzene rings is 1. The first-order chi connectivity index (χ1) is 12.6. The average Bonchev–Trinajstić information content (AvgIpc) is 3.20. The summed E-state index contributed by atoms with van der Waals surface area (Å²) < 4.78 is 8.29. The Morgan fingerprint density at radius 1 is 1.27 bits per heavy atom. The van der Waals surface area contributed by atoms with Crippen molar-refractivity contribution in [2.75, 3.05) is 5.32 Å². The minimum atomic E-state index is -0.720. The molecule has 1 N–H and O–H groups in total. The smallest absolute Gasteiger partial charge is 0.390 e. The van der Waals surface area contributed by atoms with Crippen LogP contribution in [0.15, 0.2) is 55.1 Å². The quantitative estimate of drug-likeness (QED) is 0.599. The third kappa shape index (κ3) is 3.09. The minimum absolute atomic E-state index is 0.150. The van der Waals surface area contributed by atoms with Crippen molar-refractivity contribution in [1.29, 1.82) is 0 Å². The van der Waals surface area contributed by atoms with Gasteiger partial charge in [0.15, 0.2) is 0 Å². The van der Waals surface area contributed by atoms with Crippen LogP contribution in [-0.2, 0) is 7.05 Å². The highest BCUT2D eigenvalue weighted by Gasteiger charge is 2.14. The fourth-order valence-corrected chi connectivity index (χ4v) is 2.64. The van der Waals surface area contributed by atoms with Crippen molar-refractivity contribution in [3.63, 3.8) is 0 Å². The van der Waals surface area contributed by atoms with E-state index in [9.17, 15) is 4.79 Å². The molecule has 4 rings (SSSR count). The molecular formula is C17H13ClN6O2. The first-order valence-corrected chi connectivity index (χ1v) is 8.04. The number of carbonyl (C=O) groups excluding carboxylic acids is 1. The number of ether oxygens (including phenoxy) is 1. The van der Waals surface area contributed by atoms with E-state index in [1.54, 1.807) is 23.8 Å². The van der Waals surface area contributed by atoms with Crippen LogP contribution in [-0.4, -0.2) is 30.2 Å². The molecule has 8 nitrogen and oxygen atoms in total. The SMILES string of the molecule is Cn1ncc(Cl)c1OC(=O)Nc1cc2nc(-c3ccccc3)cn2cn1. The van der Waals surface area contributed by atoms with Gasteiger partial charge < -0.3 is 4.74 Å². The third-order valence-corrected chi connectivity index (χ3v) is 3.94. The number of nitrogens with one attached hydrogen (secondary N) is 1. The Hall–Kier alpha value is -3.39. The third-order valence-electron chi connectivity index (χ3n) is 3.68. The molecular weight excluding hydrogens is 356 g/mol. The van der Waals surface area contributed by atoms with E-state index in [-0.39, 0.29) is 10.9 Å². The number of aromatic nitrogens is 5. The van der Waals surface area contributed by atoms with Crippen LogP contribution in [0.5, 0.6) is 5.88 Å². The molecule has 0 aliphatic carbocycles. The zero-order chi connectivity index (χ0) is 18.1. The van der Waals surface area contributed by atoms with E-state index >= 15 is 0 Å². The molecule has 1 aromatic carbocycles. The van der Waals surface area contributed by atoms with E-state index in [1.165, 1.54) is 10.9 Å². The van der Waals surface area contributed by atoms with Crippen molar-refractivity contribution in [3.05, 3.63) is 60.1 Å². The number of fused-ring (bicyclic) bond motifs is 1. The van der Waals surface area contributed by atoms with Crippen molar-refractivity contribution in [3.8, 4) is 17.1 Å². The van der Waals surface area contributed by atoms with Crippen LogP contribution in [0.2, 0.25) is 5.02 Å². The molecule has 0 aliphatic heterocycles. The number of nitrogens with zero attached hydrogens (tertiary/aromatic N) is 5. The van der Waals surface area contributed by atoms with Gasteiger partial charge in [0, 0.05) is 24.9 Å². The number of halogens is 1. The van der Waals surface area contributed by atoms with Gasteiger partial charge in [0.05, 0.1) is 11.9 Å². The lowest BCUT2D eigenvalue weighted by Crippen LogP contribution is -2.19. The lowest BCUT2D eigenvalue weighted by Gasteiger charge is -2.06. The van der Waals surface area contributed by atoms with E-state index in [0.29, 0.717) is 11.5 Å². The lowest BCUT2D eigenvalue weighted by molar-refractivity contribution is 0.211. The summed E-state index contributed by atoms with van der Waals surface area (Å²) in [7, 11) is 1.62. The van der Waals surface area contributed by atoms with E-state index in [0.717, 1.165) is 11.3 Å². The second kappa shape index (κ2) is 6.49. The molecule has 0 bridgehead atoms. The van der Waals surface area contributed by atoms with Gasteiger partial charge in [-0.05, 0) is 0 Å². The molecule has 0 saturated carbocycles. The molecule has 9 heteroatoms. The largest absolute Gasteiger partial charge is 0.419 e. The first kappa shape index (κ1) is 16.1. The molecule has 130 valence electrons. The summed E-state index contributed by atoms with van der Waals surface area (Å²) >= 11 is 5.91. The van der Waals surface area contributed by atoms with Crippen LogP contribution < -0.4 is 10.1 Å². The van der Waals surface area contributed by atoms with Crippen LogP contribution in [0.1, 0.15) is 0 Å². The fourth-order valence-electron chi connectivity index (χ4n) is 2.44. The number of anilines is 1. The molecule has 0 unspecified atom stereocenters. The number of hydrogen-bond acceptors (Lipinski definition) is 5. The lowest BCUT2D eigenvalue weighted by atomic mass is 10.2. The number of imidazole rings is 1. The van der Waals surface area contributed by atoms with Gasteiger partial charge in [0.25, 0.3) is 0 Å². The molecule has 0 spiro atoms. The molecule has 4 aromatic rings. The standard InChI is InChI=1S/C17H13ClN6O2/c1-23-16(12(18)8-20-23)26-17(25)22-14-7-15-21-13(9-24(15)10-19-14)11-5-3-2-4-6-11/h2-10H,1H3,(H,22,25). The van der Waals surface area contributed by atoms with Gasteiger partial charge in [0.2, 0.25) is 5.88 Å². The zero-order valence-electron chi connectivity index (χ0n) is 13.6. The number of amides is 1. The maximum Gasteiger partial charge on any atom is 0.419 e. The summed E-state index contributed by atoms with van der Waals surface area (Å²) in [5.74, 6) is 0.462. The zero-order valence-corrected chi connectivity index (χ0v) is 14.4. The Morgan fingerprint density at radius 3 is 2.81 bits per heavy atom. The Bertz CT molecular complexity index is 1070. The van der Waals surface area contributed by atoms with Crippen LogP contribution >= 0.6 is 11.6 Å². The maximum atomic E-state index is 12.0. The highest BCUT2D eigenvalue weighted by molar-refractivity contribution is 6.31. The van der Waals surface area contributed by atoms with Crippen molar-refractivity contribution in [2.24, 2.45) is 7.05 Å². The summed E-state index contributed by atoms with van der Waals surface area (Å²) in [6, 6.07) is 11.4. The van der Waals surface area contributed by atoms with E-state index < -0.39 is 6.09 Å². The van der Waals surface area contributed by atoms with Crippen LogP contribution in [0.4, 0.5) is 10.6 Å². The van der Waals surface area contributed by atoms with Gasteiger partial charge in [-0.1, -0.05) is 41.9 Å². The Kier molecular flexibility index (Phi) is 4.02. The van der Waals surface area contributed by atoms with E-state index in [1.807, 2.05) is 36.5 Å². The molecule has 3 heterocycles. The molecule has 0 aliphatic rings. The predicted molar refractivity (Wildman–Crippen MR) is 96.3 cm³/mol. The van der Waals surface area contributed by atoms with Gasteiger partial charge in [0.1, 0.15) is 22.8 Å². The van der Waals surface area contributed by atoms with Crippen LogP contribution in [0.3, 0.4) is 0 Å². The molecule has 0 fully saturated rings. The number of aryl methyl sites for hydroxylation is 1. The van der Waals surface area contributed by atoms with Crippen molar-refractivity contribution < 1.29 is 9.53 Å². The van der Waals surface area contributed by atoms with Gasteiger partial charge in [-0.25, -0.2) is 19.4 Å².